The molecule has 0 saturated heterocycles. The fraction of sp³-hybridized carbons (Fsp3) is 0.188. The van der Waals surface area contributed by atoms with Crippen molar-refractivity contribution in [2.75, 3.05) is 18.2 Å². The van der Waals surface area contributed by atoms with Crippen LogP contribution in [0.4, 0.5) is 11.4 Å². The zero-order valence-corrected chi connectivity index (χ0v) is 11.8. The first-order valence-electron chi connectivity index (χ1n) is 6.60. The third-order valence-corrected chi connectivity index (χ3v) is 3.07. The number of aryl methyl sites for hydroxylation is 1. The minimum absolute atomic E-state index is 0.00751. The van der Waals surface area contributed by atoms with Gasteiger partial charge in [-0.3, -0.25) is 4.79 Å². The van der Waals surface area contributed by atoms with Crippen LogP contribution < -0.4 is 15.8 Å². The van der Waals surface area contributed by atoms with E-state index in [1.165, 1.54) is 13.2 Å². The highest BCUT2D eigenvalue weighted by Crippen LogP contribution is 2.27. The van der Waals surface area contributed by atoms with E-state index in [1.54, 1.807) is 18.2 Å². The maximum atomic E-state index is 11.9. The number of nitrogens with two attached hydrogens (primary N) is 1. The summed E-state index contributed by atoms with van der Waals surface area (Å²) >= 11 is 0. The number of phenolic OH excluding ortho intramolecular Hbond substituents is 1. The molecule has 2 aromatic carbocycles. The predicted molar refractivity (Wildman–Crippen MR) is 82.5 cm³/mol. The van der Waals surface area contributed by atoms with Crippen molar-refractivity contribution in [3.05, 3.63) is 48.0 Å². The first-order valence-corrected chi connectivity index (χ1v) is 6.60. The Balaban J connectivity index is 1.96. The molecule has 5 nitrogen and oxygen atoms in total. The molecule has 0 unspecified atom stereocenters. The second kappa shape index (κ2) is 6.65. The van der Waals surface area contributed by atoms with Crippen molar-refractivity contribution in [3.63, 3.8) is 0 Å². The van der Waals surface area contributed by atoms with Gasteiger partial charge >= 0.3 is 0 Å². The Hall–Kier alpha value is -2.69. The number of benzene rings is 2. The summed E-state index contributed by atoms with van der Waals surface area (Å²) in [6, 6.07) is 12.1. The van der Waals surface area contributed by atoms with Crippen molar-refractivity contribution in [1.29, 1.82) is 0 Å². The first-order chi connectivity index (χ1) is 10.1. The summed E-state index contributed by atoms with van der Waals surface area (Å²) in [5, 5.41) is 12.4. The van der Waals surface area contributed by atoms with Gasteiger partial charge in [0.1, 0.15) is 11.5 Å². The number of carbonyl (C=O) groups is 1. The number of hydrogen-bond acceptors (Lipinski definition) is 4. The molecule has 0 bridgehead atoms. The van der Waals surface area contributed by atoms with Crippen LogP contribution in [0.3, 0.4) is 0 Å². The van der Waals surface area contributed by atoms with E-state index in [4.69, 9.17) is 10.5 Å². The molecule has 21 heavy (non-hydrogen) atoms. The number of nitrogen functional groups attached to an aromatic ring is 1. The number of amides is 1. The second-order valence-electron chi connectivity index (χ2n) is 4.68. The average Bonchev–Trinajstić information content (AvgIpc) is 2.47. The topological polar surface area (TPSA) is 84.6 Å². The van der Waals surface area contributed by atoms with Gasteiger partial charge in [-0.1, -0.05) is 12.1 Å². The number of rotatable bonds is 5. The molecule has 0 radical (unpaired) electrons. The molecule has 0 aliphatic heterocycles. The van der Waals surface area contributed by atoms with Crippen LogP contribution in [0.1, 0.15) is 12.0 Å². The number of carbonyl (C=O) groups excluding carboxylic acids is 1. The molecule has 4 N–H and O–H groups in total. The Morgan fingerprint density at radius 1 is 1.29 bits per heavy atom. The molecule has 110 valence electrons. The first kappa shape index (κ1) is 14.7. The van der Waals surface area contributed by atoms with E-state index in [1.807, 2.05) is 18.2 Å². The number of nitrogens with one attached hydrogen (secondary N) is 1. The highest BCUT2D eigenvalue weighted by atomic mass is 16.5. The molecular formula is C16H18N2O3. The lowest BCUT2D eigenvalue weighted by Crippen LogP contribution is -2.12. The summed E-state index contributed by atoms with van der Waals surface area (Å²) in [7, 11) is 1.53. The molecule has 0 spiro atoms. The monoisotopic (exact) mass is 286 g/mol. The zero-order chi connectivity index (χ0) is 15.2. The van der Waals surface area contributed by atoms with E-state index in [2.05, 4.69) is 5.32 Å². The van der Waals surface area contributed by atoms with Crippen LogP contribution in [0.2, 0.25) is 0 Å². The summed E-state index contributed by atoms with van der Waals surface area (Å²) in [5.41, 5.74) is 7.71. The van der Waals surface area contributed by atoms with Crippen molar-refractivity contribution in [3.8, 4) is 11.5 Å². The molecule has 0 atom stereocenters. The quantitative estimate of drug-likeness (QED) is 0.582. The van der Waals surface area contributed by atoms with Gasteiger partial charge in [-0.2, -0.15) is 0 Å². The van der Waals surface area contributed by atoms with E-state index >= 15 is 0 Å². The average molecular weight is 286 g/mol. The SMILES string of the molecule is COc1ccc(O)c(NC(=O)CCc2cccc(N)c2)c1. The van der Waals surface area contributed by atoms with Crippen molar-refractivity contribution in [1.82, 2.24) is 0 Å². The number of hydrogen-bond donors (Lipinski definition) is 3. The molecule has 2 rings (SSSR count). The standard InChI is InChI=1S/C16H18N2O3/c1-21-13-6-7-15(19)14(10-13)18-16(20)8-5-11-3-2-4-12(17)9-11/h2-4,6-7,9-10,19H,5,8,17H2,1H3,(H,18,20). The van der Waals surface area contributed by atoms with Gasteiger partial charge in [0, 0.05) is 18.2 Å². The minimum Gasteiger partial charge on any atom is -0.506 e. The van der Waals surface area contributed by atoms with Crippen LogP contribution in [-0.4, -0.2) is 18.1 Å². The Morgan fingerprint density at radius 2 is 2.10 bits per heavy atom. The summed E-state index contributed by atoms with van der Waals surface area (Å²) in [6.45, 7) is 0. The number of ether oxygens (including phenoxy) is 1. The number of anilines is 2. The fourth-order valence-electron chi connectivity index (χ4n) is 1.96. The molecule has 0 heterocycles. The number of phenols is 1. The van der Waals surface area contributed by atoms with Gasteiger partial charge in [0.25, 0.3) is 0 Å². The lowest BCUT2D eigenvalue weighted by molar-refractivity contribution is -0.116. The Kier molecular flexibility index (Phi) is 4.66. The van der Waals surface area contributed by atoms with Gasteiger partial charge in [-0.05, 0) is 36.2 Å². The number of methoxy groups -OCH3 is 1. The van der Waals surface area contributed by atoms with Crippen LogP contribution in [0.5, 0.6) is 11.5 Å². The van der Waals surface area contributed by atoms with Crippen molar-refractivity contribution in [2.24, 2.45) is 0 Å². The van der Waals surface area contributed by atoms with E-state index in [-0.39, 0.29) is 11.7 Å². The summed E-state index contributed by atoms with van der Waals surface area (Å²) in [5.74, 6) is 0.396. The highest BCUT2D eigenvalue weighted by Gasteiger charge is 2.08. The van der Waals surface area contributed by atoms with Crippen molar-refractivity contribution >= 4 is 17.3 Å². The van der Waals surface area contributed by atoms with E-state index in [0.29, 0.717) is 30.0 Å². The maximum Gasteiger partial charge on any atom is 0.224 e. The van der Waals surface area contributed by atoms with Gasteiger partial charge in [-0.15, -0.1) is 0 Å². The third kappa shape index (κ3) is 4.14. The lowest BCUT2D eigenvalue weighted by Gasteiger charge is -2.09. The molecule has 0 aliphatic carbocycles. The fourth-order valence-corrected chi connectivity index (χ4v) is 1.96. The zero-order valence-electron chi connectivity index (χ0n) is 11.8. The molecule has 0 fully saturated rings. The van der Waals surface area contributed by atoms with E-state index in [9.17, 15) is 9.90 Å². The van der Waals surface area contributed by atoms with Crippen molar-refractivity contribution < 1.29 is 14.6 Å². The Morgan fingerprint density at radius 3 is 2.81 bits per heavy atom. The van der Waals surface area contributed by atoms with Crippen LogP contribution in [0.25, 0.3) is 0 Å². The summed E-state index contributed by atoms with van der Waals surface area (Å²) in [4.78, 5) is 11.9. The largest absolute Gasteiger partial charge is 0.506 e. The van der Waals surface area contributed by atoms with Gasteiger partial charge < -0.3 is 20.9 Å². The van der Waals surface area contributed by atoms with Gasteiger partial charge in [-0.25, -0.2) is 0 Å². The molecule has 0 saturated carbocycles. The maximum absolute atomic E-state index is 11.9. The highest BCUT2D eigenvalue weighted by molar-refractivity contribution is 5.92. The molecule has 0 aliphatic rings. The second-order valence-corrected chi connectivity index (χ2v) is 4.68. The van der Waals surface area contributed by atoms with Crippen LogP contribution in [-0.2, 0) is 11.2 Å². The van der Waals surface area contributed by atoms with Gasteiger partial charge in [0.15, 0.2) is 0 Å². The Bertz CT molecular complexity index is 641. The van der Waals surface area contributed by atoms with Gasteiger partial charge in [0.05, 0.1) is 12.8 Å². The predicted octanol–water partition coefficient (Wildman–Crippen LogP) is 2.55. The Labute approximate surface area is 123 Å². The van der Waals surface area contributed by atoms with E-state index in [0.717, 1.165) is 5.56 Å². The van der Waals surface area contributed by atoms with E-state index < -0.39 is 0 Å². The van der Waals surface area contributed by atoms with Crippen LogP contribution in [0.15, 0.2) is 42.5 Å². The molecule has 2 aromatic rings. The molecule has 0 aromatic heterocycles. The smallest absolute Gasteiger partial charge is 0.224 e. The molecular weight excluding hydrogens is 268 g/mol. The summed E-state index contributed by atoms with van der Waals surface area (Å²) < 4.78 is 5.06. The lowest BCUT2D eigenvalue weighted by atomic mass is 10.1. The normalized spacial score (nSPS) is 10.1. The third-order valence-electron chi connectivity index (χ3n) is 3.07. The minimum atomic E-state index is -0.180. The number of aromatic hydroxyl groups is 1. The molecule has 1 amide bonds. The van der Waals surface area contributed by atoms with Gasteiger partial charge in [0.2, 0.25) is 5.91 Å². The molecule has 5 heteroatoms. The van der Waals surface area contributed by atoms with Crippen molar-refractivity contribution in [2.45, 2.75) is 12.8 Å². The van der Waals surface area contributed by atoms with Crippen LogP contribution in [0, 0.1) is 0 Å². The van der Waals surface area contributed by atoms with Crippen LogP contribution >= 0.6 is 0 Å². The summed E-state index contributed by atoms with van der Waals surface area (Å²) in [6.07, 6.45) is 0.891.